The van der Waals surface area contributed by atoms with Gasteiger partial charge in [-0.05, 0) is 17.9 Å². The van der Waals surface area contributed by atoms with Crippen LogP contribution in [-0.2, 0) is 5.75 Å². The van der Waals surface area contributed by atoms with Crippen LogP contribution in [0.1, 0.15) is 11.1 Å². The van der Waals surface area contributed by atoms with Gasteiger partial charge in [0.15, 0.2) is 5.84 Å². The monoisotopic (exact) mass is 214 g/mol. The van der Waals surface area contributed by atoms with Gasteiger partial charge >= 0.3 is 0 Å². The number of hydrogen-bond donors (Lipinski definition) is 2. The maximum absolute atomic E-state index is 13.3. The van der Waals surface area contributed by atoms with Crippen molar-refractivity contribution in [2.75, 3.05) is 6.26 Å². The van der Waals surface area contributed by atoms with Gasteiger partial charge in [0.1, 0.15) is 5.82 Å². The van der Waals surface area contributed by atoms with Crippen LogP contribution in [0.3, 0.4) is 0 Å². The molecule has 0 aliphatic carbocycles. The van der Waals surface area contributed by atoms with Crippen molar-refractivity contribution in [1.29, 1.82) is 0 Å². The summed E-state index contributed by atoms with van der Waals surface area (Å²) in [7, 11) is 0. The first-order chi connectivity index (χ1) is 6.69. The highest BCUT2D eigenvalue weighted by Crippen LogP contribution is 2.15. The Morgan fingerprint density at radius 1 is 1.64 bits per heavy atom. The molecule has 0 aromatic heterocycles. The van der Waals surface area contributed by atoms with Gasteiger partial charge in [-0.3, -0.25) is 0 Å². The Kier molecular flexibility index (Phi) is 3.76. The van der Waals surface area contributed by atoms with E-state index in [0.29, 0.717) is 16.9 Å². The molecule has 14 heavy (non-hydrogen) atoms. The van der Waals surface area contributed by atoms with Crippen molar-refractivity contribution < 1.29 is 9.60 Å². The van der Waals surface area contributed by atoms with Crippen molar-refractivity contribution in [3.8, 4) is 0 Å². The topological polar surface area (TPSA) is 58.6 Å². The third-order valence-corrected chi connectivity index (χ3v) is 2.36. The van der Waals surface area contributed by atoms with E-state index in [-0.39, 0.29) is 11.7 Å². The van der Waals surface area contributed by atoms with E-state index in [1.807, 2.05) is 6.26 Å². The van der Waals surface area contributed by atoms with Crippen LogP contribution in [0.2, 0.25) is 0 Å². The molecule has 0 amide bonds. The van der Waals surface area contributed by atoms with E-state index < -0.39 is 0 Å². The van der Waals surface area contributed by atoms with Crippen LogP contribution in [-0.4, -0.2) is 17.3 Å². The van der Waals surface area contributed by atoms with Gasteiger partial charge in [0.05, 0.1) is 0 Å². The van der Waals surface area contributed by atoms with Crippen LogP contribution >= 0.6 is 11.8 Å². The number of rotatable bonds is 3. The van der Waals surface area contributed by atoms with Crippen molar-refractivity contribution in [2.45, 2.75) is 5.75 Å². The molecule has 5 heteroatoms. The van der Waals surface area contributed by atoms with E-state index in [1.54, 1.807) is 12.1 Å². The normalized spacial score (nSPS) is 11.7. The summed E-state index contributed by atoms with van der Waals surface area (Å²) in [4.78, 5) is 0. The molecule has 0 spiro atoms. The minimum Gasteiger partial charge on any atom is -0.409 e. The Morgan fingerprint density at radius 3 is 2.86 bits per heavy atom. The molecular formula is C9H11FN2OS. The molecule has 3 N–H and O–H groups in total. The Balaban J connectivity index is 3.00. The van der Waals surface area contributed by atoms with Crippen molar-refractivity contribution in [3.63, 3.8) is 0 Å². The SMILES string of the molecule is CSCc1ccc(/C(N)=N/O)cc1F. The van der Waals surface area contributed by atoms with E-state index in [2.05, 4.69) is 5.16 Å². The lowest BCUT2D eigenvalue weighted by molar-refractivity contribution is 0.318. The van der Waals surface area contributed by atoms with E-state index >= 15 is 0 Å². The number of thioether (sulfide) groups is 1. The van der Waals surface area contributed by atoms with Crippen LogP contribution in [0.5, 0.6) is 0 Å². The molecule has 76 valence electrons. The summed E-state index contributed by atoms with van der Waals surface area (Å²) in [5, 5.41) is 11.2. The van der Waals surface area contributed by atoms with Crippen molar-refractivity contribution in [1.82, 2.24) is 0 Å². The average molecular weight is 214 g/mol. The van der Waals surface area contributed by atoms with E-state index in [4.69, 9.17) is 10.9 Å². The van der Waals surface area contributed by atoms with Crippen molar-refractivity contribution in [3.05, 3.63) is 35.1 Å². The van der Waals surface area contributed by atoms with E-state index in [1.165, 1.54) is 17.8 Å². The summed E-state index contributed by atoms with van der Waals surface area (Å²) >= 11 is 1.54. The fourth-order valence-electron chi connectivity index (χ4n) is 1.04. The van der Waals surface area contributed by atoms with Gasteiger partial charge in [-0.2, -0.15) is 11.8 Å². The zero-order chi connectivity index (χ0) is 10.6. The molecule has 0 aliphatic rings. The predicted molar refractivity (Wildman–Crippen MR) is 56.1 cm³/mol. The third-order valence-electron chi connectivity index (χ3n) is 1.76. The minimum atomic E-state index is -0.330. The number of nitrogens with zero attached hydrogens (tertiary/aromatic N) is 1. The Bertz CT molecular complexity index is 355. The largest absolute Gasteiger partial charge is 0.409 e. The highest BCUT2D eigenvalue weighted by Gasteiger charge is 2.05. The van der Waals surface area contributed by atoms with Gasteiger partial charge < -0.3 is 10.9 Å². The molecule has 0 fully saturated rings. The molecule has 1 aromatic carbocycles. The maximum Gasteiger partial charge on any atom is 0.170 e. The van der Waals surface area contributed by atoms with Crippen LogP contribution in [0.4, 0.5) is 4.39 Å². The second kappa shape index (κ2) is 4.85. The number of oxime groups is 1. The molecule has 0 bridgehead atoms. The molecular weight excluding hydrogens is 203 g/mol. The zero-order valence-corrected chi connectivity index (χ0v) is 8.51. The van der Waals surface area contributed by atoms with Crippen LogP contribution in [0.25, 0.3) is 0 Å². The van der Waals surface area contributed by atoms with Gasteiger partial charge in [0.2, 0.25) is 0 Å². The molecule has 0 atom stereocenters. The number of halogens is 1. The molecule has 1 rings (SSSR count). The second-order valence-corrected chi connectivity index (χ2v) is 3.59. The lowest BCUT2D eigenvalue weighted by Gasteiger charge is -2.03. The summed E-state index contributed by atoms with van der Waals surface area (Å²) in [5.41, 5.74) is 6.32. The Morgan fingerprint density at radius 2 is 2.36 bits per heavy atom. The summed E-state index contributed by atoms with van der Waals surface area (Å²) in [6.07, 6.45) is 1.90. The zero-order valence-electron chi connectivity index (χ0n) is 7.70. The van der Waals surface area contributed by atoms with Gasteiger partial charge in [0.25, 0.3) is 0 Å². The molecule has 0 heterocycles. The van der Waals surface area contributed by atoms with Gasteiger partial charge in [-0.15, -0.1) is 0 Å². The number of hydrogen-bond acceptors (Lipinski definition) is 3. The van der Waals surface area contributed by atoms with E-state index in [9.17, 15) is 4.39 Å². The van der Waals surface area contributed by atoms with Crippen LogP contribution in [0.15, 0.2) is 23.4 Å². The first-order valence-corrected chi connectivity index (χ1v) is 5.33. The number of amidine groups is 1. The van der Waals surface area contributed by atoms with Crippen molar-refractivity contribution in [2.24, 2.45) is 10.9 Å². The summed E-state index contributed by atoms with van der Waals surface area (Å²) in [6.45, 7) is 0. The van der Waals surface area contributed by atoms with E-state index in [0.717, 1.165) is 0 Å². The summed E-state index contributed by atoms with van der Waals surface area (Å²) < 4.78 is 13.3. The highest BCUT2D eigenvalue weighted by molar-refractivity contribution is 7.97. The second-order valence-electron chi connectivity index (χ2n) is 2.72. The van der Waals surface area contributed by atoms with Crippen LogP contribution in [0, 0.1) is 5.82 Å². The highest BCUT2D eigenvalue weighted by atomic mass is 32.2. The first-order valence-electron chi connectivity index (χ1n) is 3.94. The third kappa shape index (κ3) is 2.38. The molecule has 0 unspecified atom stereocenters. The van der Waals surface area contributed by atoms with Crippen molar-refractivity contribution >= 4 is 17.6 Å². The fraction of sp³-hybridized carbons (Fsp3) is 0.222. The molecule has 0 aliphatic heterocycles. The predicted octanol–water partition coefficient (Wildman–Crippen LogP) is 1.78. The lowest BCUT2D eigenvalue weighted by Crippen LogP contribution is -2.13. The van der Waals surface area contributed by atoms with Gasteiger partial charge in [0, 0.05) is 11.3 Å². The quantitative estimate of drug-likeness (QED) is 0.349. The molecule has 0 saturated carbocycles. The van der Waals surface area contributed by atoms with Crippen LogP contribution < -0.4 is 5.73 Å². The molecule has 3 nitrogen and oxygen atoms in total. The lowest BCUT2D eigenvalue weighted by atomic mass is 10.1. The summed E-state index contributed by atoms with van der Waals surface area (Å²) in [5.74, 6) is 0.200. The molecule has 1 aromatic rings. The molecule has 0 radical (unpaired) electrons. The Labute approximate surface area is 85.8 Å². The van der Waals surface area contributed by atoms with Gasteiger partial charge in [-0.1, -0.05) is 17.3 Å². The smallest absolute Gasteiger partial charge is 0.170 e. The Hall–Kier alpha value is -1.23. The van der Waals surface area contributed by atoms with Gasteiger partial charge in [-0.25, -0.2) is 4.39 Å². The standard InChI is InChI=1S/C9H11FN2OS/c1-14-5-7-3-2-6(4-8(7)10)9(11)12-13/h2-4,13H,5H2,1H3,(H2,11,12). The fourth-order valence-corrected chi connectivity index (χ4v) is 1.58. The average Bonchev–Trinajstić information content (AvgIpc) is 2.20. The molecule has 0 saturated heterocycles. The first kappa shape index (κ1) is 10.8. The number of benzene rings is 1. The maximum atomic E-state index is 13.3. The minimum absolute atomic E-state index is 0.0837. The summed E-state index contributed by atoms with van der Waals surface area (Å²) in [6, 6.07) is 4.53. The number of nitrogens with two attached hydrogens (primary N) is 1.